The molecule has 0 atom stereocenters. The van der Waals surface area contributed by atoms with Crippen LogP contribution in [0.25, 0.3) is 0 Å². The lowest BCUT2D eigenvalue weighted by Gasteiger charge is -2.20. The average molecular weight is 749 g/mol. The smallest absolute Gasteiger partial charge is 0.404 e. The highest BCUT2D eigenvalue weighted by Gasteiger charge is 2.31. The van der Waals surface area contributed by atoms with E-state index in [9.17, 15) is 9.13 Å². The number of phosphoric acid groups is 2. The van der Waals surface area contributed by atoms with Gasteiger partial charge in [0, 0.05) is 0 Å². The summed E-state index contributed by atoms with van der Waals surface area (Å²) in [4.78, 5) is 0. The third-order valence-electron chi connectivity index (χ3n) is 8.37. The van der Waals surface area contributed by atoms with Crippen LogP contribution in [0.2, 0.25) is 0 Å². The molecule has 0 aliphatic heterocycles. The lowest BCUT2D eigenvalue weighted by Crippen LogP contribution is -2.05. The number of phosphoric ester groups is 2. The maximum atomic E-state index is 13.9. The van der Waals surface area contributed by atoms with Crippen LogP contribution in [0.1, 0.15) is 44.5 Å². The van der Waals surface area contributed by atoms with Crippen LogP contribution in [0, 0.1) is 13.8 Å². The van der Waals surface area contributed by atoms with Gasteiger partial charge in [-0.15, -0.1) is 0 Å². The quantitative estimate of drug-likeness (QED) is 0.0803. The minimum Gasteiger partial charge on any atom is -0.404 e. The molecule has 6 aromatic carbocycles. The third-order valence-corrected chi connectivity index (χ3v) is 11.0. The predicted molar refractivity (Wildman–Crippen MR) is 207 cm³/mol. The molecule has 0 aliphatic rings. The zero-order valence-electron chi connectivity index (χ0n) is 29.7. The number of benzene rings is 6. The molecule has 0 radical (unpaired) electrons. The van der Waals surface area contributed by atoms with Gasteiger partial charge in [-0.25, -0.2) is 9.13 Å². The summed E-state index contributed by atoms with van der Waals surface area (Å²) < 4.78 is 62.9. The maximum absolute atomic E-state index is 13.9. The van der Waals surface area contributed by atoms with Crippen molar-refractivity contribution in [3.63, 3.8) is 0 Å². The van der Waals surface area contributed by atoms with Gasteiger partial charge >= 0.3 is 15.6 Å². The Morgan fingerprint density at radius 1 is 0.396 bits per heavy atom. The number of hydrogen-bond acceptors (Lipinski definition) is 8. The molecule has 0 heterocycles. The third kappa shape index (κ3) is 11.6. The molecule has 0 saturated heterocycles. The van der Waals surface area contributed by atoms with Crippen molar-refractivity contribution < 1.29 is 36.3 Å². The second-order valence-electron chi connectivity index (χ2n) is 12.5. The van der Waals surface area contributed by atoms with E-state index in [-0.39, 0.29) is 26.4 Å². The van der Waals surface area contributed by atoms with Crippen molar-refractivity contribution in [1.29, 1.82) is 0 Å². The molecule has 53 heavy (non-hydrogen) atoms. The minimum atomic E-state index is -4.01. The highest BCUT2D eigenvalue weighted by atomic mass is 31.2. The Morgan fingerprint density at radius 2 is 0.679 bits per heavy atom. The van der Waals surface area contributed by atoms with Crippen LogP contribution in [0.5, 0.6) is 11.5 Å². The second-order valence-corrected chi connectivity index (χ2v) is 15.7. The van der Waals surface area contributed by atoms with E-state index in [1.165, 1.54) is 0 Å². The van der Waals surface area contributed by atoms with Crippen LogP contribution >= 0.6 is 15.6 Å². The molecule has 0 saturated carbocycles. The summed E-state index contributed by atoms with van der Waals surface area (Å²) in [5, 5.41) is 0. The molecule has 0 fully saturated rings. The Balaban J connectivity index is 1.13. The number of rotatable bonds is 18. The summed E-state index contributed by atoms with van der Waals surface area (Å²) in [6.45, 7) is 4.21. The van der Waals surface area contributed by atoms with Crippen LogP contribution < -0.4 is 9.05 Å². The van der Waals surface area contributed by atoms with Crippen molar-refractivity contribution in [2.45, 2.75) is 46.7 Å². The molecule has 6 aromatic rings. The van der Waals surface area contributed by atoms with Gasteiger partial charge in [-0.3, -0.25) is 18.1 Å². The van der Waals surface area contributed by atoms with Crippen LogP contribution in [0.15, 0.2) is 158 Å². The first-order chi connectivity index (χ1) is 25.7. The molecule has 272 valence electrons. The van der Waals surface area contributed by atoms with Crippen molar-refractivity contribution in [3.8, 4) is 11.5 Å². The van der Waals surface area contributed by atoms with Gasteiger partial charge in [-0.1, -0.05) is 133 Å². The lowest BCUT2D eigenvalue weighted by atomic mass is 9.97. The van der Waals surface area contributed by atoms with E-state index in [1.54, 1.807) is 12.1 Å². The van der Waals surface area contributed by atoms with Gasteiger partial charge in [0.2, 0.25) is 0 Å². The molecule has 0 unspecified atom stereocenters. The predicted octanol–water partition coefficient (Wildman–Crippen LogP) is 11.7. The Bertz CT molecular complexity index is 1900. The summed E-state index contributed by atoms with van der Waals surface area (Å²) in [7, 11) is -8.01. The first-order valence-corrected chi connectivity index (χ1v) is 20.2. The Labute approximate surface area is 311 Å². The Kier molecular flexibility index (Phi) is 13.1. The van der Waals surface area contributed by atoms with Crippen molar-refractivity contribution in [2.24, 2.45) is 0 Å². The van der Waals surface area contributed by atoms with Gasteiger partial charge in [-0.2, -0.15) is 0 Å². The van der Waals surface area contributed by atoms with Gasteiger partial charge in [0.25, 0.3) is 0 Å². The van der Waals surface area contributed by atoms with E-state index in [4.69, 9.17) is 27.1 Å². The van der Waals surface area contributed by atoms with Crippen molar-refractivity contribution >= 4 is 15.6 Å². The zero-order valence-corrected chi connectivity index (χ0v) is 31.5. The van der Waals surface area contributed by atoms with Crippen LogP contribution in [0.3, 0.4) is 0 Å². The van der Waals surface area contributed by atoms with E-state index < -0.39 is 15.6 Å². The standard InChI is InChI=1S/C43H42O8P2/c1-34-27-42(50-52(44,46-30-36-15-7-3-8-16-36)47-31-37-17-9-4-10-18-37)25-23-40(34)29-41-24-26-43(28-35(41)2)51-53(45,48-32-38-19-11-5-12-20-38)49-33-39-21-13-6-14-22-39/h3-28H,29-33H2,1-2H3. The van der Waals surface area contributed by atoms with Gasteiger partial charge in [0.15, 0.2) is 0 Å². The topological polar surface area (TPSA) is 89.5 Å². The average Bonchev–Trinajstić information content (AvgIpc) is 3.18. The molecular formula is C43H42O8P2. The molecule has 0 aliphatic carbocycles. The largest absolute Gasteiger partial charge is 0.530 e. The fraction of sp³-hybridized carbons (Fsp3) is 0.163. The molecule has 10 heteroatoms. The molecule has 0 amide bonds. The summed E-state index contributed by atoms with van der Waals surface area (Å²) in [6, 6.07) is 48.9. The van der Waals surface area contributed by atoms with Gasteiger partial charge in [0.1, 0.15) is 11.5 Å². The van der Waals surface area contributed by atoms with Gasteiger partial charge in [0.05, 0.1) is 26.4 Å². The maximum Gasteiger partial charge on any atom is 0.530 e. The molecule has 0 spiro atoms. The van der Waals surface area contributed by atoms with E-state index in [0.29, 0.717) is 17.9 Å². The SMILES string of the molecule is Cc1cc(OP(=O)(OCc2ccccc2)OCc2ccccc2)ccc1Cc1ccc(OP(=O)(OCc2ccccc2)OCc2ccccc2)cc1C. The molecule has 6 rings (SSSR count). The van der Waals surface area contributed by atoms with Crippen molar-refractivity contribution in [1.82, 2.24) is 0 Å². The molecule has 0 N–H and O–H groups in total. The Hall–Kier alpha value is -4.78. The summed E-state index contributed by atoms with van der Waals surface area (Å²) in [5.41, 5.74) is 7.35. The number of aryl methyl sites for hydroxylation is 2. The van der Waals surface area contributed by atoms with Crippen molar-refractivity contribution in [2.75, 3.05) is 0 Å². The summed E-state index contributed by atoms with van der Waals surface area (Å²) in [5.74, 6) is 0.746. The monoisotopic (exact) mass is 748 g/mol. The summed E-state index contributed by atoms with van der Waals surface area (Å²) in [6.07, 6.45) is 0.609. The second kappa shape index (κ2) is 18.3. The molecular weight excluding hydrogens is 706 g/mol. The number of hydrogen-bond donors (Lipinski definition) is 0. The van der Waals surface area contributed by atoms with Gasteiger partial charge < -0.3 is 9.05 Å². The van der Waals surface area contributed by atoms with Gasteiger partial charge in [-0.05, 0) is 89.0 Å². The van der Waals surface area contributed by atoms with E-state index in [1.807, 2.05) is 159 Å². The van der Waals surface area contributed by atoms with Crippen LogP contribution in [-0.2, 0) is 60.1 Å². The molecule has 8 nitrogen and oxygen atoms in total. The highest BCUT2D eigenvalue weighted by molar-refractivity contribution is 7.49. The fourth-order valence-electron chi connectivity index (χ4n) is 5.40. The normalized spacial score (nSPS) is 11.7. The van der Waals surface area contributed by atoms with Crippen LogP contribution in [-0.4, -0.2) is 0 Å². The first-order valence-electron chi connectivity index (χ1n) is 17.3. The fourth-order valence-corrected chi connectivity index (χ4v) is 7.73. The molecule has 0 aromatic heterocycles. The van der Waals surface area contributed by atoms with E-state index in [0.717, 1.165) is 44.5 Å². The summed E-state index contributed by atoms with van der Waals surface area (Å²) >= 11 is 0. The van der Waals surface area contributed by atoms with E-state index >= 15 is 0 Å². The Morgan fingerprint density at radius 3 is 0.943 bits per heavy atom. The highest BCUT2D eigenvalue weighted by Crippen LogP contribution is 2.52. The first kappa shape index (κ1) is 38.0. The lowest BCUT2D eigenvalue weighted by molar-refractivity contribution is 0.142. The molecule has 0 bridgehead atoms. The zero-order chi connectivity index (χ0) is 36.9. The van der Waals surface area contributed by atoms with Crippen LogP contribution in [0.4, 0.5) is 0 Å². The minimum absolute atomic E-state index is 0.0662. The van der Waals surface area contributed by atoms with Crippen molar-refractivity contribution in [3.05, 3.63) is 202 Å². The van der Waals surface area contributed by atoms with E-state index in [2.05, 4.69) is 0 Å².